The molecular formula is C12H14N4O2S. The van der Waals surface area contributed by atoms with Gasteiger partial charge in [-0.1, -0.05) is 36.9 Å². The number of benzene rings is 1. The third kappa shape index (κ3) is 2.87. The molecule has 0 radical (unpaired) electrons. The van der Waals surface area contributed by atoms with Crippen LogP contribution < -0.4 is 5.73 Å². The van der Waals surface area contributed by atoms with Crippen LogP contribution in [0.3, 0.4) is 0 Å². The Morgan fingerprint density at radius 1 is 1.42 bits per heavy atom. The molecule has 6 nitrogen and oxygen atoms in total. The first-order valence-electron chi connectivity index (χ1n) is 5.77. The van der Waals surface area contributed by atoms with E-state index >= 15 is 0 Å². The first kappa shape index (κ1) is 13.4. The molecule has 0 aliphatic rings. The second kappa shape index (κ2) is 5.75. The number of carbonyl (C=O) groups is 1. The number of carboxylic acid groups (broad SMARTS) is 1. The maximum absolute atomic E-state index is 10.6. The highest BCUT2D eigenvalue weighted by atomic mass is 32.2. The number of nitrogen functional groups attached to an aromatic ring is 1. The van der Waals surface area contributed by atoms with E-state index < -0.39 is 5.97 Å². The van der Waals surface area contributed by atoms with E-state index in [1.54, 1.807) is 4.57 Å². The summed E-state index contributed by atoms with van der Waals surface area (Å²) >= 11 is 1.10. The summed E-state index contributed by atoms with van der Waals surface area (Å²) in [6.07, 6.45) is 0.844. The van der Waals surface area contributed by atoms with E-state index in [1.807, 2.05) is 31.2 Å². The van der Waals surface area contributed by atoms with Gasteiger partial charge in [-0.2, -0.15) is 0 Å². The molecule has 2 aromatic rings. The van der Waals surface area contributed by atoms with E-state index in [0.29, 0.717) is 5.16 Å². The van der Waals surface area contributed by atoms with Crippen LogP contribution in [0.15, 0.2) is 29.4 Å². The molecule has 0 bridgehead atoms. The van der Waals surface area contributed by atoms with Crippen LogP contribution in [0.2, 0.25) is 0 Å². The summed E-state index contributed by atoms with van der Waals surface area (Å²) in [5.41, 5.74) is 7.82. The smallest absolute Gasteiger partial charge is 0.313 e. The molecule has 1 heterocycles. The van der Waals surface area contributed by atoms with Crippen LogP contribution in [-0.4, -0.2) is 31.6 Å². The molecule has 2 rings (SSSR count). The minimum Gasteiger partial charge on any atom is -0.481 e. The third-order valence-electron chi connectivity index (χ3n) is 2.60. The van der Waals surface area contributed by atoms with Gasteiger partial charge < -0.3 is 10.8 Å². The molecule has 0 unspecified atom stereocenters. The minimum atomic E-state index is -0.901. The fourth-order valence-electron chi connectivity index (χ4n) is 1.76. The molecule has 7 heteroatoms. The van der Waals surface area contributed by atoms with Crippen LogP contribution in [0.25, 0.3) is 5.69 Å². The number of para-hydroxylation sites is 1. The van der Waals surface area contributed by atoms with Crippen molar-refractivity contribution in [3.8, 4) is 5.69 Å². The van der Waals surface area contributed by atoms with Crippen LogP contribution in [0.1, 0.15) is 12.5 Å². The van der Waals surface area contributed by atoms with Gasteiger partial charge >= 0.3 is 5.97 Å². The van der Waals surface area contributed by atoms with E-state index in [0.717, 1.165) is 29.4 Å². The fourth-order valence-corrected chi connectivity index (χ4v) is 2.43. The summed E-state index contributed by atoms with van der Waals surface area (Å²) in [4.78, 5) is 10.6. The van der Waals surface area contributed by atoms with Crippen molar-refractivity contribution < 1.29 is 9.90 Å². The van der Waals surface area contributed by atoms with E-state index in [9.17, 15) is 4.79 Å². The molecule has 0 fully saturated rings. The highest BCUT2D eigenvalue weighted by Gasteiger charge is 2.15. The number of anilines is 1. The van der Waals surface area contributed by atoms with Gasteiger partial charge in [0, 0.05) is 0 Å². The molecule has 19 heavy (non-hydrogen) atoms. The Bertz CT molecular complexity index is 597. The molecule has 0 aliphatic carbocycles. The van der Waals surface area contributed by atoms with Gasteiger partial charge in [0.15, 0.2) is 5.16 Å². The number of hydrogen-bond acceptors (Lipinski definition) is 5. The number of nitrogens with two attached hydrogens (primary N) is 1. The molecule has 0 atom stereocenters. The summed E-state index contributed by atoms with van der Waals surface area (Å²) < 4.78 is 1.69. The Morgan fingerprint density at radius 2 is 2.16 bits per heavy atom. The van der Waals surface area contributed by atoms with Crippen molar-refractivity contribution in [1.29, 1.82) is 0 Å². The largest absolute Gasteiger partial charge is 0.481 e. The average Bonchev–Trinajstić information content (AvgIpc) is 2.77. The zero-order chi connectivity index (χ0) is 13.8. The lowest BCUT2D eigenvalue weighted by molar-refractivity contribution is -0.133. The van der Waals surface area contributed by atoms with E-state index in [4.69, 9.17) is 10.8 Å². The quantitative estimate of drug-likeness (QED) is 0.807. The van der Waals surface area contributed by atoms with E-state index in [-0.39, 0.29) is 11.7 Å². The number of aryl methyl sites for hydroxylation is 1. The van der Waals surface area contributed by atoms with Crippen molar-refractivity contribution in [2.75, 3.05) is 11.5 Å². The second-order valence-electron chi connectivity index (χ2n) is 3.84. The lowest BCUT2D eigenvalue weighted by Crippen LogP contribution is -2.06. The summed E-state index contributed by atoms with van der Waals surface area (Å²) in [7, 11) is 0. The Morgan fingerprint density at radius 3 is 2.84 bits per heavy atom. The Labute approximate surface area is 114 Å². The van der Waals surface area contributed by atoms with Crippen LogP contribution in [0.4, 0.5) is 5.95 Å². The highest BCUT2D eigenvalue weighted by Crippen LogP contribution is 2.25. The lowest BCUT2D eigenvalue weighted by Gasteiger charge is -2.11. The monoisotopic (exact) mass is 278 g/mol. The summed E-state index contributed by atoms with van der Waals surface area (Å²) in [5, 5.41) is 17.0. The topological polar surface area (TPSA) is 94.0 Å². The molecule has 3 N–H and O–H groups in total. The van der Waals surface area contributed by atoms with E-state index in [2.05, 4.69) is 10.2 Å². The average molecular weight is 278 g/mol. The number of aromatic nitrogens is 3. The normalized spacial score (nSPS) is 10.6. The fraction of sp³-hybridized carbons (Fsp3) is 0.250. The molecule has 1 aromatic carbocycles. The van der Waals surface area contributed by atoms with Crippen molar-refractivity contribution in [3.63, 3.8) is 0 Å². The summed E-state index contributed by atoms with van der Waals surface area (Å²) in [5.74, 6) is -0.720. The Kier molecular flexibility index (Phi) is 4.06. The number of hydrogen-bond donors (Lipinski definition) is 2. The maximum Gasteiger partial charge on any atom is 0.313 e. The van der Waals surface area contributed by atoms with Crippen molar-refractivity contribution in [2.24, 2.45) is 0 Å². The van der Waals surface area contributed by atoms with Crippen molar-refractivity contribution >= 4 is 23.7 Å². The van der Waals surface area contributed by atoms with Gasteiger partial charge in [0.05, 0.1) is 11.4 Å². The number of carboxylic acids is 1. The van der Waals surface area contributed by atoms with Crippen LogP contribution in [0, 0.1) is 0 Å². The van der Waals surface area contributed by atoms with Crippen molar-refractivity contribution in [2.45, 2.75) is 18.5 Å². The lowest BCUT2D eigenvalue weighted by atomic mass is 10.1. The minimum absolute atomic E-state index is 0.0770. The van der Waals surface area contributed by atoms with Gasteiger partial charge in [-0.3, -0.25) is 9.36 Å². The predicted molar refractivity (Wildman–Crippen MR) is 73.5 cm³/mol. The molecule has 1 aromatic heterocycles. The Balaban J connectivity index is 2.43. The number of aliphatic carboxylic acids is 1. The van der Waals surface area contributed by atoms with Gasteiger partial charge in [-0.15, -0.1) is 10.2 Å². The van der Waals surface area contributed by atoms with E-state index in [1.165, 1.54) is 0 Å². The second-order valence-corrected chi connectivity index (χ2v) is 4.78. The maximum atomic E-state index is 10.6. The molecule has 0 amide bonds. The van der Waals surface area contributed by atoms with Gasteiger partial charge in [-0.25, -0.2) is 0 Å². The SMILES string of the molecule is CCc1ccccc1-n1c(N)nnc1SCC(=O)O. The van der Waals surface area contributed by atoms with Crippen LogP contribution in [-0.2, 0) is 11.2 Å². The van der Waals surface area contributed by atoms with Gasteiger partial charge in [0.25, 0.3) is 0 Å². The number of thioether (sulfide) groups is 1. The van der Waals surface area contributed by atoms with Gasteiger partial charge in [0.1, 0.15) is 0 Å². The predicted octanol–water partition coefficient (Wildman–Crippen LogP) is 1.59. The van der Waals surface area contributed by atoms with Crippen LogP contribution >= 0.6 is 11.8 Å². The molecule has 0 spiro atoms. The Hall–Kier alpha value is -2.02. The summed E-state index contributed by atoms with van der Waals surface area (Å²) in [6, 6.07) is 7.77. The number of rotatable bonds is 5. The summed E-state index contributed by atoms with van der Waals surface area (Å²) in [6.45, 7) is 2.05. The highest BCUT2D eigenvalue weighted by molar-refractivity contribution is 7.99. The van der Waals surface area contributed by atoms with Gasteiger partial charge in [-0.05, 0) is 18.1 Å². The third-order valence-corrected chi connectivity index (χ3v) is 3.51. The molecule has 0 aliphatic heterocycles. The molecule has 100 valence electrons. The van der Waals surface area contributed by atoms with Crippen molar-refractivity contribution in [3.05, 3.63) is 29.8 Å². The molecule has 0 saturated carbocycles. The van der Waals surface area contributed by atoms with Crippen molar-refractivity contribution in [1.82, 2.24) is 14.8 Å². The number of nitrogens with zero attached hydrogens (tertiary/aromatic N) is 3. The van der Waals surface area contributed by atoms with Gasteiger partial charge in [0.2, 0.25) is 5.95 Å². The molecular weight excluding hydrogens is 264 g/mol. The first-order valence-corrected chi connectivity index (χ1v) is 6.75. The van der Waals surface area contributed by atoms with Crippen LogP contribution in [0.5, 0.6) is 0 Å². The standard InChI is InChI=1S/C12H14N4O2S/c1-2-8-5-3-4-6-9(8)16-11(13)14-15-12(16)19-7-10(17)18/h3-6H,2,7H2,1H3,(H2,13,14)(H,17,18). The zero-order valence-corrected chi connectivity index (χ0v) is 11.2. The first-order chi connectivity index (χ1) is 9.13. The molecule has 0 saturated heterocycles. The zero-order valence-electron chi connectivity index (χ0n) is 10.4.